The third-order valence-corrected chi connectivity index (χ3v) is 7.19. The van der Waals surface area contributed by atoms with Gasteiger partial charge in [-0.3, -0.25) is 0 Å². The summed E-state index contributed by atoms with van der Waals surface area (Å²) in [5, 5.41) is 2.41. The van der Waals surface area contributed by atoms with Gasteiger partial charge in [0.25, 0.3) is 0 Å². The van der Waals surface area contributed by atoms with E-state index in [2.05, 4.69) is 65.9 Å². The number of likely N-dealkylation sites (N-methyl/N-ethyl adjacent to an activating group) is 1. The van der Waals surface area contributed by atoms with E-state index in [1.807, 2.05) is 0 Å². The van der Waals surface area contributed by atoms with Gasteiger partial charge in [-0.1, -0.05) is 29.8 Å². The molecule has 1 aliphatic carbocycles. The van der Waals surface area contributed by atoms with Crippen molar-refractivity contribution in [2.24, 2.45) is 7.05 Å². The van der Waals surface area contributed by atoms with Crippen LogP contribution in [0.3, 0.4) is 0 Å². The number of benzene rings is 1. The van der Waals surface area contributed by atoms with Crippen molar-refractivity contribution in [1.29, 1.82) is 0 Å². The molecule has 0 saturated carbocycles. The second-order valence-electron chi connectivity index (χ2n) is 8.15. The number of hydrogen-bond donors (Lipinski definition) is 0. The summed E-state index contributed by atoms with van der Waals surface area (Å²) in [6.07, 6.45) is 6.51. The van der Waals surface area contributed by atoms with Crippen LogP contribution >= 0.6 is 11.6 Å². The van der Waals surface area contributed by atoms with E-state index in [4.69, 9.17) is 11.6 Å². The van der Waals surface area contributed by atoms with Crippen molar-refractivity contribution in [2.45, 2.75) is 31.2 Å². The van der Waals surface area contributed by atoms with Gasteiger partial charge in [0.1, 0.15) is 0 Å². The van der Waals surface area contributed by atoms with E-state index in [1.165, 1.54) is 27.9 Å². The molecule has 0 amide bonds. The van der Waals surface area contributed by atoms with Crippen molar-refractivity contribution in [3.63, 3.8) is 0 Å². The van der Waals surface area contributed by atoms with Gasteiger partial charge in [0, 0.05) is 54.4 Å². The molecule has 1 fully saturated rings. The van der Waals surface area contributed by atoms with Gasteiger partial charge in [0.2, 0.25) is 0 Å². The summed E-state index contributed by atoms with van der Waals surface area (Å²) in [6, 6.07) is 8.93. The molecular weight excluding hydrogens is 342 g/mol. The lowest BCUT2D eigenvalue weighted by molar-refractivity contribution is 0.0707. The van der Waals surface area contributed by atoms with Gasteiger partial charge in [-0.15, -0.1) is 0 Å². The smallest absolute Gasteiger partial charge is 0.0702 e. The zero-order chi connectivity index (χ0) is 18.1. The molecule has 1 saturated heterocycles. The first-order valence-electron chi connectivity index (χ1n) is 9.63. The molecule has 0 atom stereocenters. The monoisotopic (exact) mass is 367 g/mol. The summed E-state index contributed by atoms with van der Waals surface area (Å²) in [4.78, 5) is 5.02. The maximum absolute atomic E-state index is 6.48. The minimum absolute atomic E-state index is 0.0621. The lowest BCUT2D eigenvalue weighted by atomic mass is 9.73. The normalized spacial score (nSPS) is 22.6. The topological polar surface area (TPSA) is 11.4 Å². The van der Waals surface area contributed by atoms with Gasteiger partial charge in [-0.2, -0.15) is 0 Å². The zero-order valence-electron chi connectivity index (χ0n) is 15.8. The van der Waals surface area contributed by atoms with Crippen molar-refractivity contribution in [1.82, 2.24) is 14.4 Å². The number of aryl methyl sites for hydroxylation is 1. The number of halogens is 1. The predicted octanol–water partition coefficient (Wildman–Crippen LogP) is 4.67. The largest absolute Gasteiger partial charge is 0.364 e. The lowest BCUT2D eigenvalue weighted by Crippen LogP contribution is -2.52. The van der Waals surface area contributed by atoms with Crippen molar-refractivity contribution in [3.8, 4) is 0 Å². The molecule has 0 unspecified atom stereocenters. The van der Waals surface area contributed by atoms with Crippen molar-refractivity contribution < 1.29 is 0 Å². The van der Waals surface area contributed by atoms with Crippen LogP contribution in [0.1, 0.15) is 36.9 Å². The zero-order valence-corrected chi connectivity index (χ0v) is 16.6. The first-order chi connectivity index (χ1) is 12.5. The highest BCUT2D eigenvalue weighted by Crippen LogP contribution is 2.53. The standard InChI is InChI=1S/C22H26ClN3/c1-24-12-10-22(11-13-24)20-16-6-4-5-7-18(16)25(2)21(20)17-9-8-15(23)14-19(17)26(22)3/h4-7,14H,8-13H2,1-3H3. The van der Waals surface area contributed by atoms with Crippen LogP contribution in [0.15, 0.2) is 41.1 Å². The maximum atomic E-state index is 6.48. The van der Waals surface area contributed by atoms with Gasteiger partial charge in [0.05, 0.1) is 11.2 Å². The maximum Gasteiger partial charge on any atom is 0.0702 e. The molecule has 3 heterocycles. The Morgan fingerprint density at radius 3 is 2.50 bits per heavy atom. The van der Waals surface area contributed by atoms with E-state index in [1.54, 1.807) is 5.56 Å². The van der Waals surface area contributed by atoms with E-state index >= 15 is 0 Å². The average Bonchev–Trinajstić information content (AvgIpc) is 2.95. The molecule has 4 heteroatoms. The van der Waals surface area contributed by atoms with Gasteiger partial charge in [-0.05, 0) is 50.4 Å². The summed E-state index contributed by atoms with van der Waals surface area (Å²) in [5.41, 5.74) is 7.21. The van der Waals surface area contributed by atoms with E-state index in [0.717, 1.165) is 43.8 Å². The number of likely N-dealkylation sites (tertiary alicyclic amines) is 1. The van der Waals surface area contributed by atoms with Crippen LogP contribution in [-0.2, 0) is 12.6 Å². The van der Waals surface area contributed by atoms with Crippen LogP contribution < -0.4 is 0 Å². The predicted molar refractivity (Wildman–Crippen MR) is 109 cm³/mol. The molecular formula is C22H26ClN3. The molecule has 1 aromatic carbocycles. The lowest BCUT2D eigenvalue weighted by Gasteiger charge is -2.52. The van der Waals surface area contributed by atoms with Crippen LogP contribution in [0.2, 0.25) is 0 Å². The van der Waals surface area contributed by atoms with Crippen LogP contribution in [0.5, 0.6) is 0 Å². The van der Waals surface area contributed by atoms with E-state index in [-0.39, 0.29) is 5.54 Å². The molecule has 0 N–H and O–H groups in total. The molecule has 1 spiro atoms. The van der Waals surface area contributed by atoms with Crippen molar-refractivity contribution >= 4 is 28.1 Å². The fraction of sp³-hybridized carbons (Fsp3) is 0.455. The van der Waals surface area contributed by atoms with Crippen molar-refractivity contribution in [2.75, 3.05) is 27.2 Å². The minimum Gasteiger partial charge on any atom is -0.364 e. The van der Waals surface area contributed by atoms with Crippen LogP contribution in [0.25, 0.3) is 16.5 Å². The highest BCUT2D eigenvalue weighted by Gasteiger charge is 2.47. The first kappa shape index (κ1) is 16.5. The number of para-hydroxylation sites is 1. The van der Waals surface area contributed by atoms with Gasteiger partial charge < -0.3 is 14.4 Å². The number of nitrogens with zero attached hydrogens (tertiary/aromatic N) is 3. The molecule has 1 aromatic heterocycles. The van der Waals surface area contributed by atoms with Crippen LogP contribution in [0.4, 0.5) is 0 Å². The van der Waals surface area contributed by atoms with E-state index < -0.39 is 0 Å². The second kappa shape index (κ2) is 5.64. The third-order valence-electron chi connectivity index (χ3n) is 6.89. The third kappa shape index (κ3) is 2.04. The molecule has 2 aliphatic heterocycles. The Kier molecular flexibility index (Phi) is 3.57. The van der Waals surface area contributed by atoms with Crippen LogP contribution in [-0.4, -0.2) is 41.6 Å². The summed E-state index contributed by atoms with van der Waals surface area (Å²) in [5.74, 6) is 0. The summed E-state index contributed by atoms with van der Waals surface area (Å²) in [7, 11) is 6.76. The fourth-order valence-electron chi connectivity index (χ4n) is 5.41. The summed E-state index contributed by atoms with van der Waals surface area (Å²) >= 11 is 6.48. The Morgan fingerprint density at radius 1 is 1.00 bits per heavy atom. The molecule has 0 bridgehead atoms. The van der Waals surface area contributed by atoms with E-state index in [9.17, 15) is 0 Å². The second-order valence-corrected chi connectivity index (χ2v) is 8.63. The SMILES string of the molecule is CN1CCC2(CC1)c1c(n(C)c3ccccc13)C1=C(C=C(Cl)CC1)N2C. The molecule has 136 valence electrons. The first-order valence-corrected chi connectivity index (χ1v) is 10.0. The quantitative estimate of drug-likeness (QED) is 0.670. The highest BCUT2D eigenvalue weighted by molar-refractivity contribution is 6.30. The summed E-state index contributed by atoms with van der Waals surface area (Å²) in [6.45, 7) is 2.26. The Labute approximate surface area is 160 Å². The highest BCUT2D eigenvalue weighted by atomic mass is 35.5. The fourth-order valence-corrected chi connectivity index (χ4v) is 5.61. The Bertz CT molecular complexity index is 957. The molecule has 3 aliphatic rings. The number of rotatable bonds is 0. The number of aromatic nitrogens is 1. The molecule has 3 nitrogen and oxygen atoms in total. The molecule has 2 aromatic rings. The number of allylic oxidation sites excluding steroid dienone is 3. The van der Waals surface area contributed by atoms with Gasteiger partial charge in [0.15, 0.2) is 0 Å². The van der Waals surface area contributed by atoms with Crippen molar-refractivity contribution in [3.05, 3.63) is 52.3 Å². The van der Waals surface area contributed by atoms with Gasteiger partial charge >= 0.3 is 0 Å². The summed E-state index contributed by atoms with van der Waals surface area (Å²) < 4.78 is 2.43. The van der Waals surface area contributed by atoms with Crippen LogP contribution in [0, 0.1) is 0 Å². The Balaban J connectivity index is 1.86. The van der Waals surface area contributed by atoms with E-state index in [0.29, 0.717) is 0 Å². The number of fused-ring (bicyclic) bond motifs is 5. The number of piperidine rings is 1. The molecule has 5 rings (SSSR count). The Hall–Kier alpha value is -1.71. The minimum atomic E-state index is 0.0621. The van der Waals surface area contributed by atoms with Gasteiger partial charge in [-0.25, -0.2) is 0 Å². The molecule has 0 radical (unpaired) electrons. The molecule has 26 heavy (non-hydrogen) atoms. The Morgan fingerprint density at radius 2 is 1.73 bits per heavy atom. The average molecular weight is 368 g/mol. The number of hydrogen-bond acceptors (Lipinski definition) is 2.